The molecule has 9 nitrogen and oxygen atoms in total. The minimum atomic E-state index is -0.604. The van der Waals surface area contributed by atoms with Crippen molar-refractivity contribution in [2.24, 2.45) is 0 Å². The molecular formula is C24H23F2N5O4. The third-order valence-corrected chi connectivity index (χ3v) is 6.29. The van der Waals surface area contributed by atoms with Crippen molar-refractivity contribution in [3.05, 3.63) is 76.6 Å². The topological polar surface area (TPSA) is 89.8 Å². The smallest absolute Gasteiger partial charge is 0.276 e. The van der Waals surface area contributed by atoms with Crippen molar-refractivity contribution >= 4 is 11.8 Å². The van der Waals surface area contributed by atoms with E-state index in [0.717, 1.165) is 11.6 Å². The van der Waals surface area contributed by atoms with Crippen LogP contribution in [0.1, 0.15) is 38.2 Å². The third-order valence-electron chi connectivity index (χ3n) is 6.29. The summed E-state index contributed by atoms with van der Waals surface area (Å²) in [5.74, 6) is -1.44. The molecular weight excluding hydrogens is 460 g/mol. The summed E-state index contributed by atoms with van der Waals surface area (Å²) < 4.78 is 39.6. The van der Waals surface area contributed by atoms with Gasteiger partial charge in [0.2, 0.25) is 0 Å². The fourth-order valence-electron chi connectivity index (χ4n) is 4.30. The summed E-state index contributed by atoms with van der Waals surface area (Å²) in [6.07, 6.45) is -0.315. The van der Waals surface area contributed by atoms with Gasteiger partial charge in [0.05, 0.1) is 26.0 Å². The van der Waals surface area contributed by atoms with Crippen LogP contribution < -0.4 is 4.74 Å². The third kappa shape index (κ3) is 4.46. The van der Waals surface area contributed by atoms with Crippen LogP contribution in [0.2, 0.25) is 0 Å². The van der Waals surface area contributed by atoms with E-state index in [1.807, 2.05) is 0 Å². The molecule has 1 atom stereocenters. The number of nitrogens with zero attached hydrogens (tertiary/aromatic N) is 5. The van der Waals surface area contributed by atoms with Crippen LogP contribution in [0.15, 0.2) is 42.5 Å². The predicted octanol–water partition coefficient (Wildman–Crippen LogP) is 2.43. The van der Waals surface area contributed by atoms with Crippen LogP contribution in [-0.2, 0) is 17.9 Å². The lowest BCUT2D eigenvalue weighted by Gasteiger charge is -2.34. The number of fused-ring (bicyclic) bond motifs is 1. The molecule has 0 saturated carbocycles. The van der Waals surface area contributed by atoms with E-state index in [1.165, 1.54) is 31.4 Å². The fraction of sp³-hybridized carbons (Fsp3) is 0.333. The molecule has 182 valence electrons. The molecule has 0 spiro atoms. The van der Waals surface area contributed by atoms with Crippen molar-refractivity contribution < 1.29 is 27.8 Å². The van der Waals surface area contributed by atoms with Crippen LogP contribution in [-0.4, -0.2) is 69.9 Å². The molecule has 0 radical (unpaired) electrons. The van der Waals surface area contributed by atoms with Gasteiger partial charge in [0.15, 0.2) is 17.3 Å². The van der Waals surface area contributed by atoms with Gasteiger partial charge in [-0.05, 0) is 35.9 Å². The molecule has 5 rings (SSSR count). The molecule has 11 heteroatoms. The molecule has 35 heavy (non-hydrogen) atoms. The van der Waals surface area contributed by atoms with E-state index in [9.17, 15) is 18.4 Å². The summed E-state index contributed by atoms with van der Waals surface area (Å²) in [7, 11) is 1.36. The first-order chi connectivity index (χ1) is 16.9. The first kappa shape index (κ1) is 22.9. The Balaban J connectivity index is 1.22. The van der Waals surface area contributed by atoms with Crippen LogP contribution in [0.25, 0.3) is 0 Å². The van der Waals surface area contributed by atoms with Crippen molar-refractivity contribution in [3.63, 3.8) is 0 Å². The summed E-state index contributed by atoms with van der Waals surface area (Å²) in [6, 6.07) is 10.2. The lowest BCUT2D eigenvalue weighted by atomic mass is 10.1. The number of aromatic nitrogens is 3. The molecule has 1 fully saturated rings. The number of hydrogen-bond donors (Lipinski definition) is 0. The van der Waals surface area contributed by atoms with Crippen molar-refractivity contribution in [2.45, 2.75) is 19.3 Å². The van der Waals surface area contributed by atoms with Crippen LogP contribution >= 0.6 is 0 Å². The fourth-order valence-corrected chi connectivity index (χ4v) is 4.30. The zero-order valence-corrected chi connectivity index (χ0v) is 19.0. The van der Waals surface area contributed by atoms with E-state index in [-0.39, 0.29) is 47.3 Å². The Labute approximate surface area is 199 Å². The van der Waals surface area contributed by atoms with Crippen LogP contribution in [0, 0.1) is 11.6 Å². The van der Waals surface area contributed by atoms with E-state index < -0.39 is 5.82 Å². The maximum Gasteiger partial charge on any atom is 0.276 e. The Morgan fingerprint density at radius 3 is 2.34 bits per heavy atom. The maximum absolute atomic E-state index is 14.0. The second kappa shape index (κ2) is 9.41. The molecule has 1 aromatic heterocycles. The van der Waals surface area contributed by atoms with Crippen molar-refractivity contribution in [1.29, 1.82) is 0 Å². The first-order valence-electron chi connectivity index (χ1n) is 11.2. The summed E-state index contributed by atoms with van der Waals surface area (Å²) >= 11 is 0. The average Bonchev–Trinajstić information content (AvgIpc) is 3.31. The summed E-state index contributed by atoms with van der Waals surface area (Å²) in [5.41, 5.74) is 1.85. The van der Waals surface area contributed by atoms with Gasteiger partial charge >= 0.3 is 0 Å². The van der Waals surface area contributed by atoms with Gasteiger partial charge in [-0.1, -0.05) is 17.3 Å². The highest BCUT2D eigenvalue weighted by Crippen LogP contribution is 2.28. The zero-order valence-electron chi connectivity index (χ0n) is 19.0. The number of piperazine rings is 1. The van der Waals surface area contributed by atoms with Gasteiger partial charge in [-0.15, -0.1) is 5.10 Å². The van der Waals surface area contributed by atoms with Gasteiger partial charge in [-0.2, -0.15) is 0 Å². The monoisotopic (exact) mass is 483 g/mol. The number of halogens is 2. The van der Waals surface area contributed by atoms with Gasteiger partial charge in [-0.25, -0.2) is 13.5 Å². The van der Waals surface area contributed by atoms with Gasteiger partial charge in [-0.3, -0.25) is 9.59 Å². The van der Waals surface area contributed by atoms with E-state index in [4.69, 9.17) is 9.47 Å². The molecule has 0 N–H and O–H groups in total. The summed E-state index contributed by atoms with van der Waals surface area (Å²) in [4.78, 5) is 29.1. The van der Waals surface area contributed by atoms with E-state index in [1.54, 1.807) is 26.6 Å². The Hall–Kier alpha value is -3.86. The quantitative estimate of drug-likeness (QED) is 0.566. The van der Waals surface area contributed by atoms with Gasteiger partial charge in [0, 0.05) is 31.7 Å². The lowest BCUT2D eigenvalue weighted by Crippen LogP contribution is -2.50. The van der Waals surface area contributed by atoms with Crippen LogP contribution in [0.3, 0.4) is 0 Å². The van der Waals surface area contributed by atoms with E-state index in [2.05, 4.69) is 10.3 Å². The number of benzene rings is 2. The number of ether oxygens (including phenoxy) is 2. The normalized spacial score (nSPS) is 17.7. The summed E-state index contributed by atoms with van der Waals surface area (Å²) in [6.45, 7) is 1.76. The van der Waals surface area contributed by atoms with Gasteiger partial charge in [0.1, 0.15) is 11.9 Å². The highest BCUT2D eigenvalue weighted by Gasteiger charge is 2.32. The number of amides is 2. The summed E-state index contributed by atoms with van der Waals surface area (Å²) in [5, 5.41) is 8.22. The van der Waals surface area contributed by atoms with Gasteiger partial charge in [0.25, 0.3) is 11.8 Å². The zero-order chi connectivity index (χ0) is 24.5. The lowest BCUT2D eigenvalue weighted by molar-refractivity contribution is -0.00206. The molecule has 3 aromatic rings. The number of methoxy groups -OCH3 is 1. The highest BCUT2D eigenvalue weighted by atomic mass is 19.1. The molecule has 2 aliphatic rings. The maximum atomic E-state index is 14.0. The first-order valence-corrected chi connectivity index (χ1v) is 11.2. The molecule has 2 aliphatic heterocycles. The number of carbonyl (C=O) groups is 2. The second-order valence-corrected chi connectivity index (χ2v) is 8.35. The standard InChI is InChI=1S/C24H23F2N5O4/c1-34-20-7-4-16(12-18(20)26)23(32)29-8-10-30(11-9-29)24(33)22-19-14-35-21(13-31(19)28-27-22)15-2-5-17(25)6-3-15/h2-7,12,21H,8-11,13-14H2,1H3/t21-/m0/s1. The number of carbonyl (C=O) groups excluding carboxylic acids is 2. The number of hydrogen-bond acceptors (Lipinski definition) is 6. The van der Waals surface area contributed by atoms with Crippen molar-refractivity contribution in [2.75, 3.05) is 33.3 Å². The molecule has 1 saturated heterocycles. The number of rotatable bonds is 4. The van der Waals surface area contributed by atoms with E-state index >= 15 is 0 Å². The second-order valence-electron chi connectivity index (χ2n) is 8.35. The van der Waals surface area contributed by atoms with Crippen LogP contribution in [0.4, 0.5) is 8.78 Å². The highest BCUT2D eigenvalue weighted by molar-refractivity contribution is 5.95. The predicted molar refractivity (Wildman–Crippen MR) is 119 cm³/mol. The Kier molecular flexibility index (Phi) is 6.16. The van der Waals surface area contributed by atoms with Crippen molar-refractivity contribution in [3.8, 4) is 5.75 Å². The molecule has 0 aliphatic carbocycles. The Morgan fingerprint density at radius 2 is 1.69 bits per heavy atom. The van der Waals surface area contributed by atoms with Gasteiger partial charge < -0.3 is 19.3 Å². The molecule has 2 aromatic carbocycles. The van der Waals surface area contributed by atoms with E-state index in [0.29, 0.717) is 38.4 Å². The minimum Gasteiger partial charge on any atom is -0.494 e. The minimum absolute atomic E-state index is 0.0712. The van der Waals surface area contributed by atoms with Crippen LogP contribution in [0.5, 0.6) is 5.75 Å². The average molecular weight is 483 g/mol. The SMILES string of the molecule is COc1ccc(C(=O)N2CCN(C(=O)c3nnn4c3CO[C@H](c3ccc(F)cc3)C4)CC2)cc1F. The molecule has 0 unspecified atom stereocenters. The van der Waals surface area contributed by atoms with Crippen molar-refractivity contribution in [1.82, 2.24) is 24.8 Å². The molecule has 0 bridgehead atoms. The Morgan fingerprint density at radius 1 is 1.00 bits per heavy atom. The molecule has 2 amide bonds. The largest absolute Gasteiger partial charge is 0.494 e. The Bertz CT molecular complexity index is 1260. The molecule has 3 heterocycles.